The molecule has 0 aliphatic carbocycles. The molecule has 0 saturated carbocycles. The normalized spacial score (nSPS) is 11.0. The Hall–Kier alpha value is -2.63. The lowest BCUT2D eigenvalue weighted by atomic mass is 10.1. The molecular formula is C13H12N4O2. The number of hydrogen-bond donors (Lipinski definition) is 3. The molecule has 0 atom stereocenters. The maximum Gasteiger partial charge on any atom is 0.327 e. The predicted molar refractivity (Wildman–Crippen MR) is 72.1 cm³/mol. The van der Waals surface area contributed by atoms with Crippen LogP contribution < -0.4 is 11.2 Å². The van der Waals surface area contributed by atoms with E-state index in [2.05, 4.69) is 26.9 Å². The predicted octanol–water partition coefficient (Wildman–Crippen LogP) is 1.17. The van der Waals surface area contributed by atoms with E-state index in [0.717, 1.165) is 12.0 Å². The maximum absolute atomic E-state index is 11.6. The van der Waals surface area contributed by atoms with Crippen LogP contribution in [0.4, 0.5) is 0 Å². The summed E-state index contributed by atoms with van der Waals surface area (Å²) in [5.74, 6) is 0.560. The van der Waals surface area contributed by atoms with E-state index in [1.54, 1.807) is 0 Å². The number of benzene rings is 1. The van der Waals surface area contributed by atoms with Crippen LogP contribution in [0.1, 0.15) is 12.5 Å². The SMILES string of the molecule is CCc1ccc(-c2nc3[nH]c(=O)[nH]c(=O)c3[nH]2)cc1. The van der Waals surface area contributed by atoms with Crippen molar-refractivity contribution in [2.75, 3.05) is 0 Å². The van der Waals surface area contributed by atoms with Crippen LogP contribution in [0.2, 0.25) is 0 Å². The fourth-order valence-corrected chi connectivity index (χ4v) is 1.97. The Morgan fingerprint density at radius 1 is 1.05 bits per heavy atom. The first-order valence-corrected chi connectivity index (χ1v) is 5.99. The van der Waals surface area contributed by atoms with Gasteiger partial charge in [-0.1, -0.05) is 31.2 Å². The van der Waals surface area contributed by atoms with Gasteiger partial charge in [-0.3, -0.25) is 14.8 Å². The molecule has 0 aliphatic rings. The standard InChI is InChI=1S/C13H12N4O2/c1-2-7-3-5-8(6-4-7)10-14-9-11(15-10)16-13(19)17-12(9)18/h3-6H,2H2,1H3,(H3,14,15,16,17,18,19). The molecule has 3 rings (SSSR count). The van der Waals surface area contributed by atoms with Crippen LogP contribution in [0.3, 0.4) is 0 Å². The van der Waals surface area contributed by atoms with Crippen molar-refractivity contribution in [1.29, 1.82) is 0 Å². The molecule has 0 saturated heterocycles. The third-order valence-corrected chi connectivity index (χ3v) is 3.03. The molecule has 3 aromatic rings. The number of aromatic amines is 3. The van der Waals surface area contributed by atoms with Crippen LogP contribution in [0.25, 0.3) is 22.6 Å². The molecule has 2 aromatic heterocycles. The molecule has 96 valence electrons. The second-order valence-corrected chi connectivity index (χ2v) is 4.27. The van der Waals surface area contributed by atoms with Gasteiger partial charge in [0.1, 0.15) is 11.3 Å². The Labute approximate surface area is 107 Å². The van der Waals surface area contributed by atoms with Gasteiger partial charge in [0.2, 0.25) is 0 Å². The fourth-order valence-electron chi connectivity index (χ4n) is 1.97. The summed E-state index contributed by atoms with van der Waals surface area (Å²) >= 11 is 0. The molecule has 0 aliphatic heterocycles. The molecule has 1 aromatic carbocycles. The zero-order valence-electron chi connectivity index (χ0n) is 10.3. The quantitative estimate of drug-likeness (QED) is 0.642. The summed E-state index contributed by atoms with van der Waals surface area (Å²) in [6.07, 6.45) is 0.966. The zero-order valence-corrected chi connectivity index (χ0v) is 10.3. The van der Waals surface area contributed by atoms with E-state index in [1.807, 2.05) is 24.3 Å². The van der Waals surface area contributed by atoms with E-state index in [4.69, 9.17) is 0 Å². The zero-order chi connectivity index (χ0) is 13.4. The van der Waals surface area contributed by atoms with Crippen molar-refractivity contribution in [1.82, 2.24) is 19.9 Å². The van der Waals surface area contributed by atoms with Crippen LogP contribution in [0, 0.1) is 0 Å². The number of aromatic nitrogens is 4. The lowest BCUT2D eigenvalue weighted by molar-refractivity contribution is 1.07. The molecule has 0 spiro atoms. The largest absolute Gasteiger partial charge is 0.332 e. The second kappa shape index (κ2) is 4.24. The van der Waals surface area contributed by atoms with Gasteiger partial charge in [0.25, 0.3) is 5.56 Å². The molecule has 6 heteroatoms. The molecule has 19 heavy (non-hydrogen) atoms. The lowest BCUT2D eigenvalue weighted by Crippen LogP contribution is -2.21. The number of hydrogen-bond acceptors (Lipinski definition) is 3. The summed E-state index contributed by atoms with van der Waals surface area (Å²) < 4.78 is 0. The molecule has 3 N–H and O–H groups in total. The Morgan fingerprint density at radius 3 is 2.47 bits per heavy atom. The van der Waals surface area contributed by atoms with E-state index >= 15 is 0 Å². The van der Waals surface area contributed by atoms with Gasteiger partial charge in [0, 0.05) is 5.56 Å². The van der Waals surface area contributed by atoms with Crippen molar-refractivity contribution < 1.29 is 0 Å². The number of fused-ring (bicyclic) bond motifs is 1. The molecule has 0 bridgehead atoms. The summed E-state index contributed by atoms with van der Waals surface area (Å²) in [5, 5.41) is 0. The van der Waals surface area contributed by atoms with Crippen LogP contribution >= 0.6 is 0 Å². The van der Waals surface area contributed by atoms with Crippen molar-refractivity contribution in [3.05, 3.63) is 50.7 Å². The minimum atomic E-state index is -0.558. The summed E-state index contributed by atoms with van der Waals surface area (Å²) in [4.78, 5) is 34.6. The van der Waals surface area contributed by atoms with Crippen LogP contribution in [0.15, 0.2) is 33.9 Å². The monoisotopic (exact) mass is 256 g/mol. The van der Waals surface area contributed by atoms with Crippen LogP contribution in [0.5, 0.6) is 0 Å². The number of aryl methyl sites for hydroxylation is 1. The third-order valence-electron chi connectivity index (χ3n) is 3.03. The summed E-state index contributed by atoms with van der Waals surface area (Å²) in [6.45, 7) is 2.08. The highest BCUT2D eigenvalue weighted by Gasteiger charge is 2.08. The molecule has 0 radical (unpaired) electrons. The second-order valence-electron chi connectivity index (χ2n) is 4.27. The first kappa shape index (κ1) is 11.5. The maximum atomic E-state index is 11.6. The van der Waals surface area contributed by atoms with Gasteiger partial charge in [0.05, 0.1) is 0 Å². The Morgan fingerprint density at radius 2 is 1.79 bits per heavy atom. The van der Waals surface area contributed by atoms with E-state index in [1.165, 1.54) is 5.56 Å². The van der Waals surface area contributed by atoms with E-state index in [-0.39, 0.29) is 11.2 Å². The van der Waals surface area contributed by atoms with Gasteiger partial charge < -0.3 is 4.98 Å². The molecular weight excluding hydrogens is 244 g/mol. The van der Waals surface area contributed by atoms with Gasteiger partial charge in [-0.15, -0.1) is 0 Å². The Balaban J connectivity index is 2.17. The van der Waals surface area contributed by atoms with Gasteiger partial charge >= 0.3 is 5.69 Å². The molecule has 0 amide bonds. The van der Waals surface area contributed by atoms with Crippen molar-refractivity contribution in [3.63, 3.8) is 0 Å². The van der Waals surface area contributed by atoms with E-state index in [0.29, 0.717) is 5.82 Å². The summed E-state index contributed by atoms with van der Waals surface area (Å²) in [6, 6.07) is 7.89. The van der Waals surface area contributed by atoms with Crippen LogP contribution in [-0.2, 0) is 6.42 Å². The molecule has 6 nitrogen and oxygen atoms in total. The summed E-state index contributed by atoms with van der Waals surface area (Å²) in [5.41, 5.74) is 1.61. The number of nitrogens with one attached hydrogen (secondary N) is 3. The van der Waals surface area contributed by atoms with Gasteiger partial charge in [-0.2, -0.15) is 0 Å². The van der Waals surface area contributed by atoms with E-state index < -0.39 is 11.2 Å². The first-order chi connectivity index (χ1) is 9.17. The van der Waals surface area contributed by atoms with Gasteiger partial charge in [-0.25, -0.2) is 9.78 Å². The summed E-state index contributed by atoms with van der Waals surface area (Å²) in [7, 11) is 0. The smallest absolute Gasteiger partial charge is 0.327 e. The number of imidazole rings is 1. The topological polar surface area (TPSA) is 94.4 Å². The van der Waals surface area contributed by atoms with Crippen molar-refractivity contribution in [2.45, 2.75) is 13.3 Å². The highest BCUT2D eigenvalue weighted by molar-refractivity contribution is 5.74. The lowest BCUT2D eigenvalue weighted by Gasteiger charge is -1.98. The van der Waals surface area contributed by atoms with Crippen molar-refractivity contribution in [3.8, 4) is 11.4 Å². The van der Waals surface area contributed by atoms with Gasteiger partial charge in [0.15, 0.2) is 5.65 Å². The third kappa shape index (κ3) is 1.97. The van der Waals surface area contributed by atoms with Crippen molar-refractivity contribution in [2.24, 2.45) is 0 Å². The molecule has 2 heterocycles. The van der Waals surface area contributed by atoms with Crippen molar-refractivity contribution >= 4 is 11.2 Å². The average molecular weight is 256 g/mol. The molecule has 0 fully saturated rings. The minimum absolute atomic E-state index is 0.267. The number of rotatable bonds is 2. The average Bonchev–Trinajstić information content (AvgIpc) is 2.83. The number of H-pyrrole nitrogens is 3. The Bertz CT molecular complexity index is 839. The molecule has 0 unspecified atom stereocenters. The minimum Gasteiger partial charge on any atom is -0.332 e. The highest BCUT2D eigenvalue weighted by Crippen LogP contribution is 2.18. The fraction of sp³-hybridized carbons (Fsp3) is 0.154. The van der Waals surface area contributed by atoms with Crippen LogP contribution in [-0.4, -0.2) is 19.9 Å². The highest BCUT2D eigenvalue weighted by atomic mass is 16.2. The Kier molecular flexibility index (Phi) is 2.56. The van der Waals surface area contributed by atoms with E-state index in [9.17, 15) is 9.59 Å². The number of nitrogens with zero attached hydrogens (tertiary/aromatic N) is 1. The van der Waals surface area contributed by atoms with Gasteiger partial charge in [-0.05, 0) is 12.0 Å². The first-order valence-electron chi connectivity index (χ1n) is 5.99.